The molecule has 7 heteroatoms. The molecule has 112 valence electrons. The van der Waals surface area contributed by atoms with Gasteiger partial charge in [-0.25, -0.2) is 0 Å². The van der Waals surface area contributed by atoms with Crippen molar-refractivity contribution in [3.63, 3.8) is 0 Å². The Balaban J connectivity index is 1.95. The third-order valence-electron chi connectivity index (χ3n) is 2.86. The largest absolute Gasteiger partial charge is 0.308 e. The molecule has 2 aromatic rings. The molecule has 0 saturated carbocycles. The Labute approximate surface area is 141 Å². The average Bonchev–Trinajstić information content (AvgIpc) is 2.84. The molecule has 2 rings (SSSR count). The van der Waals surface area contributed by atoms with Crippen molar-refractivity contribution in [1.29, 1.82) is 0 Å². The van der Waals surface area contributed by atoms with Crippen LogP contribution in [-0.4, -0.2) is 32.1 Å². The van der Waals surface area contributed by atoms with Crippen molar-refractivity contribution >= 4 is 45.2 Å². The lowest BCUT2D eigenvalue weighted by atomic mass is 10.2. The van der Waals surface area contributed by atoms with Crippen molar-refractivity contribution in [1.82, 2.24) is 14.8 Å². The van der Waals surface area contributed by atoms with E-state index in [4.69, 9.17) is 0 Å². The highest BCUT2D eigenvalue weighted by Gasteiger charge is 2.12. The van der Waals surface area contributed by atoms with Gasteiger partial charge in [-0.05, 0) is 17.9 Å². The Bertz CT molecular complexity index is 613. The minimum Gasteiger partial charge on any atom is -0.308 e. The summed E-state index contributed by atoms with van der Waals surface area (Å²) >= 11 is 6.60. The highest BCUT2D eigenvalue weighted by Crippen LogP contribution is 2.20. The maximum Gasteiger partial charge on any atom is 0.191 e. The quantitative estimate of drug-likeness (QED) is 0.535. The Kier molecular flexibility index (Phi) is 6.32. The summed E-state index contributed by atoms with van der Waals surface area (Å²) in [5, 5.41) is 9.10. The molecule has 0 aliphatic rings. The van der Waals surface area contributed by atoms with Gasteiger partial charge in [-0.3, -0.25) is 4.79 Å². The number of nitrogens with zero attached hydrogens (tertiary/aromatic N) is 3. The van der Waals surface area contributed by atoms with Gasteiger partial charge in [-0.1, -0.05) is 46.7 Å². The minimum atomic E-state index is 0.0972. The summed E-state index contributed by atoms with van der Waals surface area (Å²) in [7, 11) is 1.94. The lowest BCUT2D eigenvalue weighted by Crippen LogP contribution is -2.04. The second-order valence-electron chi connectivity index (χ2n) is 4.31. The van der Waals surface area contributed by atoms with E-state index in [-0.39, 0.29) is 5.78 Å². The molecule has 0 unspecified atom stereocenters. The highest BCUT2D eigenvalue weighted by molar-refractivity contribution is 9.10. The van der Waals surface area contributed by atoms with Gasteiger partial charge in [0.1, 0.15) is 5.82 Å². The monoisotopic (exact) mass is 385 g/mol. The normalized spacial score (nSPS) is 10.8. The fourth-order valence-corrected chi connectivity index (χ4v) is 3.37. The molecule has 0 fully saturated rings. The predicted molar refractivity (Wildman–Crippen MR) is 92.0 cm³/mol. The van der Waals surface area contributed by atoms with Gasteiger partial charge in [0.05, 0.1) is 11.5 Å². The highest BCUT2D eigenvalue weighted by atomic mass is 79.9. The van der Waals surface area contributed by atoms with E-state index in [0.717, 1.165) is 32.5 Å². The first-order valence-electron chi connectivity index (χ1n) is 6.49. The van der Waals surface area contributed by atoms with Crippen molar-refractivity contribution in [2.45, 2.75) is 17.8 Å². The number of carbonyl (C=O) groups excluding carboxylic acids is 1. The van der Waals surface area contributed by atoms with Crippen LogP contribution in [0.5, 0.6) is 0 Å². The fourth-order valence-electron chi connectivity index (χ4n) is 1.64. The molecule has 1 aromatic carbocycles. The van der Waals surface area contributed by atoms with Crippen molar-refractivity contribution in [3.8, 4) is 0 Å². The average molecular weight is 386 g/mol. The summed E-state index contributed by atoms with van der Waals surface area (Å²) in [5.41, 5.74) is 0.717. The van der Waals surface area contributed by atoms with E-state index >= 15 is 0 Å². The number of aromatic nitrogens is 3. The maximum absolute atomic E-state index is 12.1. The molecule has 0 aliphatic heterocycles. The van der Waals surface area contributed by atoms with Crippen LogP contribution in [0.15, 0.2) is 33.9 Å². The minimum absolute atomic E-state index is 0.0972. The van der Waals surface area contributed by atoms with Gasteiger partial charge in [-0.2, -0.15) is 11.8 Å². The number of rotatable bonds is 7. The molecule has 0 amide bonds. The number of benzene rings is 1. The van der Waals surface area contributed by atoms with Crippen molar-refractivity contribution in [2.75, 3.05) is 11.5 Å². The Morgan fingerprint density at radius 3 is 2.67 bits per heavy atom. The Morgan fingerprint density at radius 1 is 1.29 bits per heavy atom. The van der Waals surface area contributed by atoms with E-state index in [1.54, 1.807) is 0 Å². The number of Topliss-reactive ketones (excluding diaryl/α,β-unsaturated/α-hetero) is 1. The van der Waals surface area contributed by atoms with E-state index in [0.29, 0.717) is 5.75 Å². The van der Waals surface area contributed by atoms with Crippen LogP contribution in [0.3, 0.4) is 0 Å². The van der Waals surface area contributed by atoms with Gasteiger partial charge in [0.2, 0.25) is 0 Å². The van der Waals surface area contributed by atoms with Crippen LogP contribution in [-0.2, 0) is 12.8 Å². The van der Waals surface area contributed by atoms with E-state index in [9.17, 15) is 4.79 Å². The summed E-state index contributed by atoms with van der Waals surface area (Å²) in [4.78, 5) is 12.1. The van der Waals surface area contributed by atoms with Crippen molar-refractivity contribution in [2.24, 2.45) is 7.05 Å². The summed E-state index contributed by atoms with van der Waals surface area (Å²) in [6.07, 6.45) is 0. The van der Waals surface area contributed by atoms with Gasteiger partial charge in [0.15, 0.2) is 10.9 Å². The maximum atomic E-state index is 12.1. The molecule has 0 radical (unpaired) electrons. The molecule has 0 N–H and O–H groups in total. The third-order valence-corrected chi connectivity index (χ3v) is 5.28. The van der Waals surface area contributed by atoms with Gasteiger partial charge >= 0.3 is 0 Å². The molecule has 1 heterocycles. The van der Waals surface area contributed by atoms with Crippen molar-refractivity contribution < 1.29 is 4.79 Å². The first-order chi connectivity index (χ1) is 10.1. The second-order valence-corrected chi connectivity index (χ2v) is 7.45. The van der Waals surface area contributed by atoms with Crippen LogP contribution in [0.1, 0.15) is 23.1 Å². The first kappa shape index (κ1) is 16.6. The molecule has 0 atom stereocenters. The van der Waals surface area contributed by atoms with Gasteiger partial charge in [0, 0.05) is 17.1 Å². The Hall–Kier alpha value is -0.790. The summed E-state index contributed by atoms with van der Waals surface area (Å²) < 4.78 is 2.93. The van der Waals surface area contributed by atoms with E-state index in [1.165, 1.54) is 11.8 Å². The topological polar surface area (TPSA) is 47.8 Å². The van der Waals surface area contributed by atoms with E-state index in [2.05, 4.69) is 33.1 Å². The summed E-state index contributed by atoms with van der Waals surface area (Å²) in [6, 6.07) is 7.40. The molecular weight excluding hydrogens is 370 g/mol. The SMILES string of the molecule is CCSCc1nnc(SCC(=O)c2ccc(Br)cc2)n1C. The molecule has 21 heavy (non-hydrogen) atoms. The number of ketones is 1. The Morgan fingerprint density at radius 2 is 2.00 bits per heavy atom. The molecule has 0 saturated heterocycles. The van der Waals surface area contributed by atoms with E-state index in [1.807, 2.05) is 47.6 Å². The molecular formula is C14H16BrN3OS2. The van der Waals surface area contributed by atoms with Gasteiger partial charge in [-0.15, -0.1) is 10.2 Å². The first-order valence-corrected chi connectivity index (χ1v) is 9.42. The lowest BCUT2D eigenvalue weighted by Gasteiger charge is -2.03. The van der Waals surface area contributed by atoms with Crippen LogP contribution in [0.2, 0.25) is 0 Å². The van der Waals surface area contributed by atoms with Gasteiger partial charge in [0.25, 0.3) is 0 Å². The third kappa shape index (κ3) is 4.59. The summed E-state index contributed by atoms with van der Waals surface area (Å²) in [5.74, 6) is 3.31. The van der Waals surface area contributed by atoms with Crippen molar-refractivity contribution in [3.05, 3.63) is 40.1 Å². The van der Waals surface area contributed by atoms with Crippen LogP contribution in [0, 0.1) is 0 Å². The second kappa shape index (κ2) is 8.00. The predicted octanol–water partition coefficient (Wildman–Crippen LogP) is 3.81. The molecule has 0 bridgehead atoms. The zero-order valence-corrected chi connectivity index (χ0v) is 15.1. The zero-order chi connectivity index (χ0) is 15.2. The fraction of sp³-hybridized carbons (Fsp3) is 0.357. The standard InChI is InChI=1S/C14H16BrN3OS2/c1-3-20-9-13-16-17-14(18(13)2)21-8-12(19)10-4-6-11(15)7-5-10/h4-7H,3,8-9H2,1-2H3. The number of thioether (sulfide) groups is 2. The van der Waals surface area contributed by atoms with Crippen LogP contribution >= 0.6 is 39.5 Å². The number of hydrogen-bond acceptors (Lipinski definition) is 5. The smallest absolute Gasteiger partial charge is 0.191 e. The lowest BCUT2D eigenvalue weighted by molar-refractivity contribution is 0.102. The van der Waals surface area contributed by atoms with Crippen LogP contribution in [0.25, 0.3) is 0 Å². The molecule has 1 aromatic heterocycles. The number of carbonyl (C=O) groups is 1. The molecule has 0 spiro atoms. The number of halogens is 1. The molecule has 4 nitrogen and oxygen atoms in total. The van der Waals surface area contributed by atoms with Crippen LogP contribution < -0.4 is 0 Å². The van der Waals surface area contributed by atoms with Crippen LogP contribution in [0.4, 0.5) is 0 Å². The van der Waals surface area contributed by atoms with Gasteiger partial charge < -0.3 is 4.57 Å². The molecule has 0 aliphatic carbocycles. The summed E-state index contributed by atoms with van der Waals surface area (Å²) in [6.45, 7) is 2.12. The van der Waals surface area contributed by atoms with E-state index < -0.39 is 0 Å². The zero-order valence-electron chi connectivity index (χ0n) is 11.9. The number of hydrogen-bond donors (Lipinski definition) is 0.